The lowest BCUT2D eigenvalue weighted by molar-refractivity contribution is -0.141. The minimum atomic E-state index is -4.63. The number of alkyl halides is 3. The van der Waals surface area contributed by atoms with E-state index < -0.39 is 23.7 Å². The van der Waals surface area contributed by atoms with Gasteiger partial charge in [0.25, 0.3) is 0 Å². The van der Waals surface area contributed by atoms with Crippen molar-refractivity contribution in [3.05, 3.63) is 82.5 Å². The van der Waals surface area contributed by atoms with Crippen LogP contribution in [0.1, 0.15) is 21.6 Å². The summed E-state index contributed by atoms with van der Waals surface area (Å²) in [7, 11) is 0. The summed E-state index contributed by atoms with van der Waals surface area (Å²) in [6, 6.07) is 10.1. The van der Waals surface area contributed by atoms with Crippen molar-refractivity contribution in [1.29, 1.82) is 0 Å². The Hall–Kier alpha value is -3.20. The molecule has 0 radical (unpaired) electrons. The Bertz CT molecular complexity index is 1010. The Morgan fingerprint density at radius 2 is 1.79 bits per heavy atom. The minimum absolute atomic E-state index is 0.0479. The molecule has 0 aliphatic heterocycles. The molecule has 0 atom stereocenters. The topological polar surface area (TPSA) is 61.3 Å². The van der Waals surface area contributed by atoms with Crippen molar-refractivity contribution in [2.24, 2.45) is 0 Å². The van der Waals surface area contributed by atoms with Crippen LogP contribution in [0.3, 0.4) is 0 Å². The molecule has 3 rings (SSSR count). The van der Waals surface area contributed by atoms with E-state index in [4.69, 9.17) is 21.1 Å². The lowest BCUT2D eigenvalue weighted by Crippen LogP contribution is -2.08. The molecule has 2 aromatic carbocycles. The van der Waals surface area contributed by atoms with Crippen LogP contribution in [0.5, 0.6) is 11.6 Å². The maximum absolute atomic E-state index is 13.7. The molecule has 29 heavy (non-hydrogen) atoms. The summed E-state index contributed by atoms with van der Waals surface area (Å²) >= 11 is 5.87. The van der Waals surface area contributed by atoms with E-state index in [1.54, 1.807) is 0 Å². The van der Waals surface area contributed by atoms with Gasteiger partial charge >= 0.3 is 12.1 Å². The van der Waals surface area contributed by atoms with E-state index >= 15 is 0 Å². The number of ether oxygens (including phenoxy) is 2. The molecular weight excluding hydrogens is 416 g/mol. The fourth-order valence-electron chi connectivity index (χ4n) is 2.22. The predicted octanol–water partition coefficient (Wildman–Crippen LogP) is 5.44. The first-order chi connectivity index (χ1) is 13.7. The van der Waals surface area contributed by atoms with E-state index in [2.05, 4.69) is 9.97 Å². The number of halogens is 5. The van der Waals surface area contributed by atoms with E-state index in [1.807, 2.05) is 0 Å². The van der Waals surface area contributed by atoms with Crippen molar-refractivity contribution < 1.29 is 31.8 Å². The largest absolute Gasteiger partial charge is 0.457 e. The molecular formula is C19H11ClF4N2O3. The molecule has 0 saturated heterocycles. The van der Waals surface area contributed by atoms with Crippen LogP contribution < -0.4 is 4.74 Å². The quantitative estimate of drug-likeness (QED) is 0.402. The fourth-order valence-corrected chi connectivity index (χ4v) is 2.44. The number of carbonyl (C=O) groups excluding carboxylic acids is 1. The number of nitrogens with zero attached hydrogens (tertiary/aromatic N) is 2. The normalized spacial score (nSPS) is 11.2. The highest BCUT2D eigenvalue weighted by Gasteiger charge is 2.33. The number of benzene rings is 2. The Kier molecular flexibility index (Phi) is 5.97. The first-order valence-corrected chi connectivity index (χ1v) is 8.39. The molecule has 0 aliphatic rings. The van der Waals surface area contributed by atoms with Gasteiger partial charge in [0.15, 0.2) is 5.69 Å². The van der Waals surface area contributed by atoms with Gasteiger partial charge in [-0.3, -0.25) is 0 Å². The van der Waals surface area contributed by atoms with Crippen LogP contribution in [0.4, 0.5) is 17.6 Å². The molecule has 0 spiro atoms. The second-order valence-electron chi connectivity index (χ2n) is 5.64. The second-order valence-corrected chi connectivity index (χ2v) is 6.05. The first-order valence-electron chi connectivity index (χ1n) is 8.01. The van der Waals surface area contributed by atoms with Gasteiger partial charge in [0, 0.05) is 11.6 Å². The summed E-state index contributed by atoms with van der Waals surface area (Å²) in [5.74, 6) is -1.50. The van der Waals surface area contributed by atoms with E-state index in [0.29, 0.717) is 6.07 Å². The lowest BCUT2D eigenvalue weighted by atomic mass is 10.2. The van der Waals surface area contributed by atoms with E-state index in [-0.39, 0.29) is 34.4 Å². The Labute approximate surface area is 166 Å². The molecule has 0 aliphatic carbocycles. The molecule has 1 aromatic heterocycles. The summed E-state index contributed by atoms with van der Waals surface area (Å²) < 4.78 is 62.0. The maximum atomic E-state index is 13.7. The lowest BCUT2D eigenvalue weighted by Gasteiger charge is -2.09. The summed E-state index contributed by atoms with van der Waals surface area (Å²) in [6.07, 6.45) is -3.90. The minimum Gasteiger partial charge on any atom is -0.457 e. The smallest absolute Gasteiger partial charge is 0.433 e. The van der Waals surface area contributed by atoms with Crippen molar-refractivity contribution in [3.8, 4) is 11.6 Å². The van der Waals surface area contributed by atoms with Crippen LogP contribution in [-0.2, 0) is 17.5 Å². The van der Waals surface area contributed by atoms with Crippen molar-refractivity contribution >= 4 is 17.6 Å². The SMILES string of the molecule is O=C(OCc1c(F)cccc1Cl)c1ccc(Oc2cc(C(F)(F)F)ncn2)cc1. The Morgan fingerprint density at radius 3 is 2.45 bits per heavy atom. The van der Waals surface area contributed by atoms with Gasteiger partial charge in [-0.15, -0.1) is 0 Å². The number of aromatic nitrogens is 2. The molecule has 1 heterocycles. The van der Waals surface area contributed by atoms with Crippen LogP contribution >= 0.6 is 11.6 Å². The van der Waals surface area contributed by atoms with Gasteiger partial charge in [-0.05, 0) is 36.4 Å². The molecule has 3 aromatic rings. The van der Waals surface area contributed by atoms with Crippen LogP contribution in [0.25, 0.3) is 0 Å². The average molecular weight is 427 g/mol. The van der Waals surface area contributed by atoms with Gasteiger partial charge in [-0.2, -0.15) is 13.2 Å². The highest BCUT2D eigenvalue weighted by molar-refractivity contribution is 6.31. The van der Waals surface area contributed by atoms with Gasteiger partial charge in [-0.25, -0.2) is 19.2 Å². The molecule has 0 saturated carbocycles. The summed E-state index contributed by atoms with van der Waals surface area (Å²) in [4.78, 5) is 18.8. The van der Waals surface area contributed by atoms with Gasteiger partial charge in [0.05, 0.1) is 10.6 Å². The summed E-state index contributed by atoms with van der Waals surface area (Å²) in [5, 5.41) is 0.129. The zero-order chi connectivity index (χ0) is 21.0. The van der Waals surface area contributed by atoms with E-state index in [0.717, 1.165) is 6.33 Å². The number of hydrogen-bond donors (Lipinski definition) is 0. The molecule has 0 bridgehead atoms. The van der Waals surface area contributed by atoms with Crippen molar-refractivity contribution in [2.45, 2.75) is 12.8 Å². The number of rotatable bonds is 5. The third-order valence-electron chi connectivity index (χ3n) is 3.65. The molecule has 0 amide bonds. The maximum Gasteiger partial charge on any atom is 0.433 e. The molecule has 10 heteroatoms. The molecule has 0 N–H and O–H groups in total. The van der Waals surface area contributed by atoms with Gasteiger partial charge in [-0.1, -0.05) is 17.7 Å². The number of esters is 1. The fraction of sp³-hybridized carbons (Fsp3) is 0.105. The van der Waals surface area contributed by atoms with Crippen LogP contribution in [0.15, 0.2) is 54.9 Å². The van der Waals surface area contributed by atoms with E-state index in [9.17, 15) is 22.4 Å². The van der Waals surface area contributed by atoms with E-state index in [1.165, 1.54) is 42.5 Å². The zero-order valence-corrected chi connectivity index (χ0v) is 15.2. The van der Waals surface area contributed by atoms with Crippen LogP contribution in [0, 0.1) is 5.82 Å². The summed E-state index contributed by atoms with van der Waals surface area (Å²) in [5.41, 5.74) is -0.968. The highest BCUT2D eigenvalue weighted by atomic mass is 35.5. The number of carbonyl (C=O) groups is 1. The predicted molar refractivity (Wildman–Crippen MR) is 94.1 cm³/mol. The standard InChI is InChI=1S/C19H11ClF4N2O3/c20-14-2-1-3-15(21)13(14)9-28-18(27)11-4-6-12(7-5-11)29-17-8-16(19(22,23)24)25-10-26-17/h1-8,10H,9H2. The molecule has 0 unspecified atom stereocenters. The number of hydrogen-bond acceptors (Lipinski definition) is 5. The monoisotopic (exact) mass is 426 g/mol. The second kappa shape index (κ2) is 8.44. The van der Waals surface area contributed by atoms with Crippen LogP contribution in [-0.4, -0.2) is 15.9 Å². The van der Waals surface area contributed by atoms with Crippen molar-refractivity contribution in [2.75, 3.05) is 0 Å². The molecule has 150 valence electrons. The molecule has 0 fully saturated rings. The zero-order valence-electron chi connectivity index (χ0n) is 14.4. The summed E-state index contributed by atoms with van der Waals surface area (Å²) in [6.45, 7) is -0.357. The molecule has 5 nitrogen and oxygen atoms in total. The van der Waals surface area contributed by atoms with Crippen molar-refractivity contribution in [3.63, 3.8) is 0 Å². The third kappa shape index (κ3) is 5.20. The third-order valence-corrected chi connectivity index (χ3v) is 4.01. The van der Waals surface area contributed by atoms with Crippen LogP contribution in [0.2, 0.25) is 5.02 Å². The highest BCUT2D eigenvalue weighted by Crippen LogP contribution is 2.30. The Morgan fingerprint density at radius 1 is 1.07 bits per heavy atom. The van der Waals surface area contributed by atoms with Crippen molar-refractivity contribution in [1.82, 2.24) is 9.97 Å². The average Bonchev–Trinajstić information content (AvgIpc) is 2.67. The van der Waals surface area contributed by atoms with Gasteiger partial charge < -0.3 is 9.47 Å². The van der Waals surface area contributed by atoms with Gasteiger partial charge in [0.1, 0.15) is 24.5 Å². The van der Waals surface area contributed by atoms with Gasteiger partial charge in [0.2, 0.25) is 5.88 Å². The first kappa shape index (κ1) is 20.5. The Balaban J connectivity index is 1.65.